The van der Waals surface area contributed by atoms with Crippen molar-refractivity contribution in [3.05, 3.63) is 54.2 Å². The zero-order chi connectivity index (χ0) is 13.8. The maximum atomic E-state index is 12.2. The number of carbonyl (C=O) groups is 1. The molecule has 0 unspecified atom stereocenters. The van der Waals surface area contributed by atoms with Crippen LogP contribution in [-0.2, 0) is 0 Å². The van der Waals surface area contributed by atoms with Gasteiger partial charge in [-0.1, -0.05) is 18.2 Å². The van der Waals surface area contributed by atoms with Crippen molar-refractivity contribution in [3.8, 4) is 11.6 Å². The predicted molar refractivity (Wildman–Crippen MR) is 75.9 cm³/mol. The first kappa shape index (κ1) is 12.7. The minimum absolute atomic E-state index is 0.0567. The van der Waals surface area contributed by atoms with Gasteiger partial charge < -0.3 is 9.64 Å². The highest BCUT2D eigenvalue weighted by atomic mass is 16.5. The number of aromatic nitrogens is 1. The van der Waals surface area contributed by atoms with Crippen LogP contribution in [0.3, 0.4) is 0 Å². The molecule has 0 atom stereocenters. The van der Waals surface area contributed by atoms with Crippen molar-refractivity contribution in [2.45, 2.75) is 12.8 Å². The lowest BCUT2D eigenvalue weighted by atomic mass is 10.2. The van der Waals surface area contributed by atoms with Crippen molar-refractivity contribution >= 4 is 5.91 Å². The Morgan fingerprint density at radius 2 is 1.80 bits per heavy atom. The molecular weight excluding hydrogens is 252 g/mol. The number of pyridine rings is 1. The smallest absolute Gasteiger partial charge is 0.255 e. The first-order valence-corrected chi connectivity index (χ1v) is 6.81. The number of ether oxygens (including phenoxy) is 1. The molecule has 1 fully saturated rings. The fourth-order valence-electron chi connectivity index (χ4n) is 2.28. The SMILES string of the molecule is O=C(c1ccc(Oc2ccccc2)nc1)N1CCCC1. The summed E-state index contributed by atoms with van der Waals surface area (Å²) in [5.41, 5.74) is 0.618. The van der Waals surface area contributed by atoms with Gasteiger partial charge in [0, 0.05) is 25.4 Å². The Bertz CT molecular complexity index is 575. The van der Waals surface area contributed by atoms with Crippen LogP contribution in [0.2, 0.25) is 0 Å². The van der Waals surface area contributed by atoms with E-state index in [9.17, 15) is 4.79 Å². The number of hydrogen-bond acceptors (Lipinski definition) is 3. The Balaban J connectivity index is 1.69. The molecule has 1 aromatic carbocycles. The standard InChI is InChI=1S/C16H16N2O2/c19-16(18-10-4-5-11-18)13-8-9-15(17-12-13)20-14-6-2-1-3-7-14/h1-3,6-9,12H,4-5,10-11H2. The Kier molecular flexibility index (Phi) is 3.63. The molecule has 1 aliphatic rings. The molecule has 1 saturated heterocycles. The van der Waals surface area contributed by atoms with Gasteiger partial charge in [-0.15, -0.1) is 0 Å². The molecule has 3 rings (SSSR count). The van der Waals surface area contributed by atoms with Crippen molar-refractivity contribution in [2.75, 3.05) is 13.1 Å². The minimum atomic E-state index is 0.0567. The molecule has 0 radical (unpaired) electrons. The van der Waals surface area contributed by atoms with E-state index in [2.05, 4.69) is 4.98 Å². The van der Waals surface area contributed by atoms with E-state index in [1.54, 1.807) is 18.3 Å². The fourth-order valence-corrected chi connectivity index (χ4v) is 2.28. The van der Waals surface area contributed by atoms with Crippen LogP contribution in [0.25, 0.3) is 0 Å². The summed E-state index contributed by atoms with van der Waals surface area (Å²) >= 11 is 0. The van der Waals surface area contributed by atoms with E-state index in [0.29, 0.717) is 11.4 Å². The third kappa shape index (κ3) is 2.79. The molecule has 0 bridgehead atoms. The Hall–Kier alpha value is -2.36. The van der Waals surface area contributed by atoms with E-state index in [-0.39, 0.29) is 5.91 Å². The van der Waals surface area contributed by atoms with Gasteiger partial charge in [0.15, 0.2) is 0 Å². The number of para-hydroxylation sites is 1. The lowest BCUT2D eigenvalue weighted by Gasteiger charge is -2.14. The van der Waals surface area contributed by atoms with Crippen LogP contribution in [0, 0.1) is 0 Å². The first-order valence-electron chi connectivity index (χ1n) is 6.81. The number of nitrogens with zero attached hydrogens (tertiary/aromatic N) is 2. The van der Waals surface area contributed by atoms with Gasteiger partial charge in [0.25, 0.3) is 5.91 Å². The summed E-state index contributed by atoms with van der Waals surface area (Å²) in [5.74, 6) is 1.29. The fraction of sp³-hybridized carbons (Fsp3) is 0.250. The molecule has 4 nitrogen and oxygen atoms in total. The molecule has 20 heavy (non-hydrogen) atoms. The molecule has 1 aliphatic heterocycles. The minimum Gasteiger partial charge on any atom is -0.439 e. The highest BCUT2D eigenvalue weighted by molar-refractivity contribution is 5.94. The van der Waals surface area contributed by atoms with E-state index >= 15 is 0 Å². The summed E-state index contributed by atoms with van der Waals surface area (Å²) in [6.07, 6.45) is 3.77. The van der Waals surface area contributed by atoms with Gasteiger partial charge in [-0.2, -0.15) is 0 Å². The topological polar surface area (TPSA) is 42.4 Å². The first-order chi connectivity index (χ1) is 9.83. The average Bonchev–Trinajstić information content (AvgIpc) is 3.03. The quantitative estimate of drug-likeness (QED) is 0.859. The van der Waals surface area contributed by atoms with Crippen LogP contribution in [-0.4, -0.2) is 28.9 Å². The van der Waals surface area contributed by atoms with E-state index in [0.717, 1.165) is 31.7 Å². The second-order valence-corrected chi connectivity index (χ2v) is 4.80. The number of amides is 1. The van der Waals surface area contributed by atoms with Crippen molar-refractivity contribution in [1.29, 1.82) is 0 Å². The molecule has 1 amide bonds. The molecule has 2 heterocycles. The third-order valence-electron chi connectivity index (χ3n) is 3.34. The number of benzene rings is 1. The number of likely N-dealkylation sites (tertiary alicyclic amines) is 1. The van der Waals surface area contributed by atoms with E-state index in [1.807, 2.05) is 35.2 Å². The Morgan fingerprint density at radius 1 is 1.05 bits per heavy atom. The monoisotopic (exact) mass is 268 g/mol. The zero-order valence-corrected chi connectivity index (χ0v) is 11.2. The van der Waals surface area contributed by atoms with Crippen LogP contribution >= 0.6 is 0 Å². The average molecular weight is 268 g/mol. The molecule has 2 aromatic rings. The van der Waals surface area contributed by atoms with Crippen LogP contribution in [0.5, 0.6) is 11.6 Å². The van der Waals surface area contributed by atoms with Crippen LogP contribution in [0.1, 0.15) is 23.2 Å². The summed E-state index contributed by atoms with van der Waals surface area (Å²) < 4.78 is 5.60. The largest absolute Gasteiger partial charge is 0.439 e. The Morgan fingerprint density at radius 3 is 2.45 bits per heavy atom. The van der Waals surface area contributed by atoms with Crippen molar-refractivity contribution in [3.63, 3.8) is 0 Å². The van der Waals surface area contributed by atoms with Gasteiger partial charge >= 0.3 is 0 Å². The normalized spacial score (nSPS) is 14.3. The lowest BCUT2D eigenvalue weighted by Crippen LogP contribution is -2.27. The molecule has 0 saturated carbocycles. The third-order valence-corrected chi connectivity index (χ3v) is 3.34. The molecule has 0 aliphatic carbocycles. The second kappa shape index (κ2) is 5.74. The summed E-state index contributed by atoms with van der Waals surface area (Å²) in [6.45, 7) is 1.70. The van der Waals surface area contributed by atoms with E-state index in [1.165, 1.54) is 0 Å². The molecule has 102 valence electrons. The van der Waals surface area contributed by atoms with Crippen LogP contribution in [0.15, 0.2) is 48.7 Å². The van der Waals surface area contributed by atoms with Gasteiger partial charge in [0.1, 0.15) is 5.75 Å². The number of rotatable bonds is 3. The maximum Gasteiger partial charge on any atom is 0.255 e. The summed E-state index contributed by atoms with van der Waals surface area (Å²) in [4.78, 5) is 18.2. The second-order valence-electron chi connectivity index (χ2n) is 4.80. The van der Waals surface area contributed by atoms with Gasteiger partial charge in [-0.3, -0.25) is 4.79 Å². The van der Waals surface area contributed by atoms with Crippen LogP contribution < -0.4 is 4.74 Å². The van der Waals surface area contributed by atoms with Crippen molar-refractivity contribution in [2.24, 2.45) is 0 Å². The van der Waals surface area contributed by atoms with Crippen molar-refractivity contribution in [1.82, 2.24) is 9.88 Å². The molecule has 4 heteroatoms. The van der Waals surface area contributed by atoms with Crippen LogP contribution in [0.4, 0.5) is 0 Å². The van der Waals surface area contributed by atoms with Gasteiger partial charge in [-0.25, -0.2) is 4.98 Å². The zero-order valence-electron chi connectivity index (χ0n) is 11.2. The summed E-state index contributed by atoms with van der Waals surface area (Å²) in [7, 11) is 0. The molecule has 0 N–H and O–H groups in total. The molecule has 1 aromatic heterocycles. The highest BCUT2D eigenvalue weighted by Crippen LogP contribution is 2.19. The predicted octanol–water partition coefficient (Wildman–Crippen LogP) is 3.11. The number of carbonyl (C=O) groups excluding carboxylic acids is 1. The van der Waals surface area contributed by atoms with Gasteiger partial charge in [0.2, 0.25) is 5.88 Å². The number of hydrogen-bond donors (Lipinski definition) is 0. The maximum absolute atomic E-state index is 12.2. The highest BCUT2D eigenvalue weighted by Gasteiger charge is 2.19. The van der Waals surface area contributed by atoms with Crippen molar-refractivity contribution < 1.29 is 9.53 Å². The summed E-state index contributed by atoms with van der Waals surface area (Å²) in [5, 5.41) is 0. The Labute approximate surface area is 118 Å². The van der Waals surface area contributed by atoms with Gasteiger partial charge in [0.05, 0.1) is 5.56 Å². The van der Waals surface area contributed by atoms with Gasteiger partial charge in [-0.05, 0) is 31.0 Å². The lowest BCUT2D eigenvalue weighted by molar-refractivity contribution is 0.0792. The molecular formula is C16H16N2O2. The van der Waals surface area contributed by atoms with E-state index in [4.69, 9.17) is 4.74 Å². The van der Waals surface area contributed by atoms with E-state index < -0.39 is 0 Å². The molecule has 0 spiro atoms. The summed E-state index contributed by atoms with van der Waals surface area (Å²) in [6, 6.07) is 13.0.